The van der Waals surface area contributed by atoms with Gasteiger partial charge < -0.3 is 14.8 Å². The maximum Gasteiger partial charge on any atom is 0.217 e. The fourth-order valence-electron chi connectivity index (χ4n) is 2.29. The first-order valence-corrected chi connectivity index (χ1v) is 7.24. The summed E-state index contributed by atoms with van der Waals surface area (Å²) in [6, 6.07) is 17.5. The van der Waals surface area contributed by atoms with Crippen molar-refractivity contribution in [2.45, 2.75) is 19.6 Å². The highest BCUT2D eigenvalue weighted by molar-refractivity contribution is 5.56. The Morgan fingerprint density at radius 3 is 2.73 bits per heavy atom. The number of aromatic nitrogens is 1. The Kier molecular flexibility index (Phi) is 4.21. The van der Waals surface area contributed by atoms with E-state index in [1.165, 1.54) is 0 Å². The van der Waals surface area contributed by atoms with Crippen LogP contribution in [0.3, 0.4) is 0 Å². The second kappa shape index (κ2) is 6.45. The summed E-state index contributed by atoms with van der Waals surface area (Å²) in [7, 11) is 0. The number of benzene rings is 2. The topological polar surface area (TPSA) is 58.3 Å². The molecule has 0 aliphatic heterocycles. The maximum atomic E-state index is 9.18. The molecule has 3 rings (SSSR count). The molecular weight excluding hydrogens is 276 g/mol. The van der Waals surface area contributed by atoms with Crippen LogP contribution in [0.25, 0.3) is 11.3 Å². The molecule has 0 saturated carbocycles. The molecule has 0 aliphatic rings. The number of oxazole rings is 1. The molecule has 1 heterocycles. The quantitative estimate of drug-likeness (QED) is 0.746. The van der Waals surface area contributed by atoms with Gasteiger partial charge in [-0.3, -0.25) is 0 Å². The Morgan fingerprint density at radius 1 is 1.14 bits per heavy atom. The standard InChI is InChI=1S/C18H18N2O2/c1-13(20-16-9-5-6-14(10-16)12-21)18-19-11-17(22-18)15-7-3-2-4-8-15/h2-11,13,20-21H,12H2,1H3/t13-/m1/s1. The van der Waals surface area contributed by atoms with Crippen molar-refractivity contribution in [2.24, 2.45) is 0 Å². The van der Waals surface area contributed by atoms with Gasteiger partial charge in [-0.15, -0.1) is 0 Å². The van der Waals surface area contributed by atoms with Crippen LogP contribution in [0.5, 0.6) is 0 Å². The fourth-order valence-corrected chi connectivity index (χ4v) is 2.29. The van der Waals surface area contributed by atoms with E-state index in [1.54, 1.807) is 6.20 Å². The smallest absolute Gasteiger partial charge is 0.217 e. The van der Waals surface area contributed by atoms with E-state index in [-0.39, 0.29) is 12.6 Å². The van der Waals surface area contributed by atoms with Gasteiger partial charge in [0, 0.05) is 11.3 Å². The lowest BCUT2D eigenvalue weighted by Gasteiger charge is -2.12. The molecule has 112 valence electrons. The molecule has 22 heavy (non-hydrogen) atoms. The van der Waals surface area contributed by atoms with Crippen LogP contribution in [0.1, 0.15) is 24.4 Å². The predicted molar refractivity (Wildman–Crippen MR) is 86.3 cm³/mol. The van der Waals surface area contributed by atoms with Crippen molar-refractivity contribution >= 4 is 5.69 Å². The van der Waals surface area contributed by atoms with Gasteiger partial charge in [0.1, 0.15) is 6.04 Å². The summed E-state index contributed by atoms with van der Waals surface area (Å²) >= 11 is 0. The van der Waals surface area contributed by atoms with Gasteiger partial charge in [-0.05, 0) is 24.6 Å². The molecule has 3 aromatic rings. The summed E-state index contributed by atoms with van der Waals surface area (Å²) in [4.78, 5) is 4.35. The highest BCUT2D eigenvalue weighted by atomic mass is 16.4. The molecule has 0 spiro atoms. The molecule has 1 atom stereocenters. The van der Waals surface area contributed by atoms with Crippen molar-refractivity contribution in [2.75, 3.05) is 5.32 Å². The number of nitrogens with one attached hydrogen (secondary N) is 1. The van der Waals surface area contributed by atoms with E-state index in [0.717, 1.165) is 22.6 Å². The van der Waals surface area contributed by atoms with Gasteiger partial charge >= 0.3 is 0 Å². The second-order valence-corrected chi connectivity index (χ2v) is 5.15. The predicted octanol–water partition coefficient (Wildman–Crippen LogP) is 4.01. The Balaban J connectivity index is 1.75. The third-order valence-electron chi connectivity index (χ3n) is 3.45. The van der Waals surface area contributed by atoms with E-state index in [1.807, 2.05) is 61.5 Å². The number of aliphatic hydroxyl groups excluding tert-OH is 1. The minimum absolute atomic E-state index is 0.0288. The third kappa shape index (κ3) is 3.18. The average molecular weight is 294 g/mol. The second-order valence-electron chi connectivity index (χ2n) is 5.15. The Labute approximate surface area is 129 Å². The number of hydrogen-bond acceptors (Lipinski definition) is 4. The van der Waals surface area contributed by atoms with E-state index < -0.39 is 0 Å². The zero-order valence-electron chi connectivity index (χ0n) is 12.4. The molecule has 0 fully saturated rings. The van der Waals surface area contributed by atoms with Crippen LogP contribution in [0.15, 0.2) is 65.2 Å². The summed E-state index contributed by atoms with van der Waals surface area (Å²) < 4.78 is 5.84. The Hall–Kier alpha value is -2.59. The first kappa shape index (κ1) is 14.4. The van der Waals surface area contributed by atoms with Crippen LogP contribution in [0.4, 0.5) is 5.69 Å². The van der Waals surface area contributed by atoms with Crippen LogP contribution in [-0.4, -0.2) is 10.1 Å². The highest BCUT2D eigenvalue weighted by Crippen LogP contribution is 2.25. The largest absolute Gasteiger partial charge is 0.438 e. The number of hydrogen-bond donors (Lipinski definition) is 2. The lowest BCUT2D eigenvalue weighted by atomic mass is 10.2. The van der Waals surface area contributed by atoms with E-state index in [4.69, 9.17) is 4.42 Å². The molecule has 4 nitrogen and oxygen atoms in total. The van der Waals surface area contributed by atoms with Gasteiger partial charge in [0.2, 0.25) is 5.89 Å². The molecule has 0 aliphatic carbocycles. The highest BCUT2D eigenvalue weighted by Gasteiger charge is 2.13. The van der Waals surface area contributed by atoms with Gasteiger partial charge in [-0.2, -0.15) is 0 Å². The molecular formula is C18H18N2O2. The van der Waals surface area contributed by atoms with Crippen LogP contribution in [0.2, 0.25) is 0 Å². The van der Waals surface area contributed by atoms with Gasteiger partial charge in [-0.1, -0.05) is 42.5 Å². The summed E-state index contributed by atoms with van der Waals surface area (Å²) in [6.07, 6.45) is 1.74. The van der Waals surface area contributed by atoms with Crippen LogP contribution >= 0.6 is 0 Å². The first-order valence-electron chi connectivity index (χ1n) is 7.24. The van der Waals surface area contributed by atoms with E-state index in [9.17, 15) is 5.11 Å². The molecule has 0 saturated heterocycles. The minimum atomic E-state index is -0.0635. The normalized spacial score (nSPS) is 12.1. The Morgan fingerprint density at radius 2 is 1.95 bits per heavy atom. The zero-order valence-corrected chi connectivity index (χ0v) is 12.4. The molecule has 0 unspecified atom stereocenters. The monoisotopic (exact) mass is 294 g/mol. The SMILES string of the molecule is C[C@@H](Nc1cccc(CO)c1)c1ncc(-c2ccccc2)o1. The minimum Gasteiger partial charge on any atom is -0.438 e. The summed E-state index contributed by atoms with van der Waals surface area (Å²) in [6.45, 7) is 2.02. The fraction of sp³-hybridized carbons (Fsp3) is 0.167. The number of nitrogens with zero attached hydrogens (tertiary/aromatic N) is 1. The number of aliphatic hydroxyl groups is 1. The maximum absolute atomic E-state index is 9.18. The molecule has 2 N–H and O–H groups in total. The zero-order chi connectivity index (χ0) is 15.4. The molecule has 2 aromatic carbocycles. The summed E-state index contributed by atoms with van der Waals surface area (Å²) in [5.74, 6) is 1.39. The van der Waals surface area contributed by atoms with Crippen molar-refractivity contribution < 1.29 is 9.52 Å². The summed E-state index contributed by atoms with van der Waals surface area (Å²) in [5, 5.41) is 12.5. The van der Waals surface area contributed by atoms with Gasteiger partial charge in [-0.25, -0.2) is 4.98 Å². The van der Waals surface area contributed by atoms with Crippen molar-refractivity contribution in [1.29, 1.82) is 0 Å². The van der Waals surface area contributed by atoms with Gasteiger partial charge in [0.25, 0.3) is 0 Å². The molecule has 1 aromatic heterocycles. The summed E-state index contributed by atoms with van der Waals surface area (Å²) in [5.41, 5.74) is 2.81. The van der Waals surface area contributed by atoms with Gasteiger partial charge in [0.15, 0.2) is 5.76 Å². The van der Waals surface area contributed by atoms with Crippen molar-refractivity contribution in [3.05, 3.63) is 72.2 Å². The van der Waals surface area contributed by atoms with Crippen LogP contribution in [0, 0.1) is 0 Å². The van der Waals surface area contributed by atoms with Crippen LogP contribution < -0.4 is 5.32 Å². The van der Waals surface area contributed by atoms with E-state index in [2.05, 4.69) is 10.3 Å². The van der Waals surface area contributed by atoms with Crippen molar-refractivity contribution in [3.63, 3.8) is 0 Å². The number of anilines is 1. The Bertz CT molecular complexity index is 738. The molecule has 0 radical (unpaired) electrons. The lowest BCUT2D eigenvalue weighted by Crippen LogP contribution is -2.07. The third-order valence-corrected chi connectivity index (χ3v) is 3.45. The van der Waals surface area contributed by atoms with Gasteiger partial charge in [0.05, 0.1) is 12.8 Å². The number of rotatable bonds is 5. The molecule has 4 heteroatoms. The lowest BCUT2D eigenvalue weighted by molar-refractivity contribution is 0.282. The van der Waals surface area contributed by atoms with E-state index in [0.29, 0.717) is 5.89 Å². The van der Waals surface area contributed by atoms with Crippen molar-refractivity contribution in [3.8, 4) is 11.3 Å². The van der Waals surface area contributed by atoms with E-state index >= 15 is 0 Å². The molecule has 0 amide bonds. The average Bonchev–Trinajstić information content (AvgIpc) is 3.06. The van der Waals surface area contributed by atoms with Crippen LogP contribution in [-0.2, 0) is 6.61 Å². The van der Waals surface area contributed by atoms with Crippen molar-refractivity contribution in [1.82, 2.24) is 4.98 Å². The first-order chi connectivity index (χ1) is 10.8. The molecule has 0 bridgehead atoms.